The molecule has 1 heterocycles. The van der Waals surface area contributed by atoms with Gasteiger partial charge in [0.05, 0.1) is 25.3 Å². The van der Waals surface area contributed by atoms with Gasteiger partial charge in [-0.2, -0.15) is 0 Å². The molecule has 1 aromatic carbocycles. The Hall–Kier alpha value is -2.28. The van der Waals surface area contributed by atoms with Gasteiger partial charge in [0.25, 0.3) is 0 Å². The molecular weight excluding hydrogens is 304 g/mol. The van der Waals surface area contributed by atoms with Crippen molar-refractivity contribution in [2.24, 2.45) is 0 Å². The summed E-state index contributed by atoms with van der Waals surface area (Å²) in [5, 5.41) is 16.2. The molecule has 0 saturated heterocycles. The quantitative estimate of drug-likeness (QED) is 0.576. The first kappa shape index (κ1) is 16.1. The number of aromatic hydroxyl groups is 1. The normalized spacial score (nSPS) is 17.6. The number of phenols is 1. The van der Waals surface area contributed by atoms with E-state index in [1.807, 2.05) is 6.92 Å². The zero-order valence-corrected chi connectivity index (χ0v) is 13.4. The number of esters is 1. The zero-order chi connectivity index (χ0) is 16.3. The molecule has 118 valence electrons. The van der Waals surface area contributed by atoms with Gasteiger partial charge in [0.15, 0.2) is 16.6 Å². The van der Waals surface area contributed by atoms with Crippen molar-refractivity contribution in [2.75, 3.05) is 13.7 Å². The average molecular weight is 322 g/mol. The van der Waals surface area contributed by atoms with Crippen molar-refractivity contribution in [3.8, 4) is 11.5 Å². The van der Waals surface area contributed by atoms with Crippen LogP contribution in [0.3, 0.4) is 0 Å². The number of methoxy groups -OCH3 is 1. The van der Waals surface area contributed by atoms with E-state index in [-0.39, 0.29) is 5.75 Å². The van der Waals surface area contributed by atoms with Crippen LogP contribution in [0, 0.1) is 0 Å². The van der Waals surface area contributed by atoms with E-state index in [1.54, 1.807) is 19.1 Å². The van der Waals surface area contributed by atoms with Gasteiger partial charge in [-0.3, -0.25) is 0 Å². The van der Waals surface area contributed by atoms with Gasteiger partial charge in [0.2, 0.25) is 0 Å². The van der Waals surface area contributed by atoms with Gasteiger partial charge in [-0.25, -0.2) is 4.79 Å². The lowest BCUT2D eigenvalue weighted by molar-refractivity contribution is -0.136. The van der Waals surface area contributed by atoms with E-state index in [1.165, 1.54) is 13.2 Å². The Balaban J connectivity index is 2.48. The summed E-state index contributed by atoms with van der Waals surface area (Å²) in [6.07, 6.45) is 0. The molecule has 1 aliphatic heterocycles. The van der Waals surface area contributed by atoms with Gasteiger partial charge in [-0.15, -0.1) is 0 Å². The summed E-state index contributed by atoms with van der Waals surface area (Å²) in [5.74, 6) is -0.0495. The standard InChI is InChI=1S/C15H18N2O4S/c1-4-21-11-7-9(5-6-10(11)18)13-12(14(19)20-3)8(2)16-15(22)17-13/h5-7,13,18H,4H2,1-3H3,(H2,16,17,22)/t13-/m1/s1. The van der Waals surface area contributed by atoms with Crippen molar-refractivity contribution in [2.45, 2.75) is 19.9 Å². The van der Waals surface area contributed by atoms with Gasteiger partial charge in [0.1, 0.15) is 0 Å². The predicted molar refractivity (Wildman–Crippen MR) is 85.6 cm³/mol. The molecular formula is C15H18N2O4S. The van der Waals surface area contributed by atoms with Crippen LogP contribution in [-0.2, 0) is 9.53 Å². The maximum Gasteiger partial charge on any atom is 0.337 e. The minimum Gasteiger partial charge on any atom is -0.504 e. The Kier molecular flexibility index (Phi) is 4.87. The van der Waals surface area contributed by atoms with Crippen LogP contribution in [0.15, 0.2) is 29.5 Å². The van der Waals surface area contributed by atoms with Crippen LogP contribution in [0.1, 0.15) is 25.5 Å². The smallest absolute Gasteiger partial charge is 0.337 e. The molecule has 0 spiro atoms. The first-order valence-electron chi connectivity index (χ1n) is 6.80. The van der Waals surface area contributed by atoms with E-state index in [0.717, 1.165) is 5.56 Å². The topological polar surface area (TPSA) is 79.8 Å². The van der Waals surface area contributed by atoms with Crippen molar-refractivity contribution in [3.05, 3.63) is 35.0 Å². The lowest BCUT2D eigenvalue weighted by Crippen LogP contribution is -2.45. The number of allylic oxidation sites excluding steroid dienone is 1. The van der Waals surface area contributed by atoms with Crippen LogP contribution in [0.4, 0.5) is 0 Å². The maximum absolute atomic E-state index is 12.1. The fourth-order valence-electron chi connectivity index (χ4n) is 2.31. The van der Waals surface area contributed by atoms with Gasteiger partial charge in [-0.1, -0.05) is 6.07 Å². The minimum absolute atomic E-state index is 0.0439. The van der Waals surface area contributed by atoms with E-state index in [0.29, 0.717) is 28.7 Å². The molecule has 0 saturated carbocycles. The Morgan fingerprint density at radius 2 is 2.18 bits per heavy atom. The fourth-order valence-corrected chi connectivity index (χ4v) is 2.58. The van der Waals surface area contributed by atoms with Gasteiger partial charge in [-0.05, 0) is 43.8 Å². The lowest BCUT2D eigenvalue weighted by atomic mass is 9.95. The van der Waals surface area contributed by atoms with Gasteiger partial charge < -0.3 is 25.2 Å². The Morgan fingerprint density at radius 1 is 1.45 bits per heavy atom. The molecule has 6 nitrogen and oxygen atoms in total. The predicted octanol–water partition coefficient (Wildman–Crippen LogP) is 1.76. The van der Waals surface area contributed by atoms with Crippen molar-refractivity contribution in [3.63, 3.8) is 0 Å². The first-order chi connectivity index (χ1) is 10.5. The number of hydrogen-bond donors (Lipinski definition) is 3. The maximum atomic E-state index is 12.1. The van der Waals surface area contributed by atoms with Crippen LogP contribution in [0.2, 0.25) is 0 Å². The highest BCUT2D eigenvalue weighted by molar-refractivity contribution is 7.80. The van der Waals surface area contributed by atoms with Crippen LogP contribution >= 0.6 is 12.2 Å². The number of benzene rings is 1. The van der Waals surface area contributed by atoms with E-state index < -0.39 is 12.0 Å². The molecule has 3 N–H and O–H groups in total. The number of hydrogen-bond acceptors (Lipinski definition) is 5. The summed E-state index contributed by atoms with van der Waals surface area (Å²) in [6, 6.07) is 4.44. The van der Waals surface area contributed by atoms with E-state index >= 15 is 0 Å². The Labute approximate surface area is 134 Å². The minimum atomic E-state index is -0.471. The highest BCUT2D eigenvalue weighted by Crippen LogP contribution is 2.33. The average Bonchev–Trinajstić information content (AvgIpc) is 2.48. The lowest BCUT2D eigenvalue weighted by Gasteiger charge is -2.29. The molecule has 0 unspecified atom stereocenters. The molecule has 0 fully saturated rings. The summed E-state index contributed by atoms with van der Waals surface area (Å²) in [6.45, 7) is 4.01. The molecule has 0 bridgehead atoms. The van der Waals surface area contributed by atoms with Crippen molar-refractivity contribution in [1.82, 2.24) is 10.6 Å². The van der Waals surface area contributed by atoms with Crippen molar-refractivity contribution in [1.29, 1.82) is 0 Å². The number of thiocarbonyl (C=S) groups is 1. The number of rotatable bonds is 4. The number of ether oxygens (including phenoxy) is 2. The van der Waals surface area contributed by atoms with Gasteiger partial charge >= 0.3 is 5.97 Å². The van der Waals surface area contributed by atoms with Gasteiger partial charge in [0, 0.05) is 5.70 Å². The second kappa shape index (κ2) is 6.65. The monoisotopic (exact) mass is 322 g/mol. The molecule has 2 rings (SSSR count). The molecule has 1 aromatic rings. The van der Waals surface area contributed by atoms with Crippen LogP contribution in [0.5, 0.6) is 11.5 Å². The molecule has 0 aliphatic carbocycles. The second-order valence-corrected chi connectivity index (χ2v) is 5.13. The van der Waals surface area contributed by atoms with Crippen LogP contribution in [0.25, 0.3) is 0 Å². The number of carbonyl (C=O) groups excluding carboxylic acids is 1. The molecule has 7 heteroatoms. The number of phenolic OH excluding ortho intramolecular Hbond substituents is 1. The summed E-state index contributed by atoms with van der Waals surface area (Å²) in [5.41, 5.74) is 1.81. The number of carbonyl (C=O) groups is 1. The van der Waals surface area contributed by atoms with E-state index in [9.17, 15) is 9.90 Å². The zero-order valence-electron chi connectivity index (χ0n) is 12.6. The summed E-state index contributed by atoms with van der Waals surface area (Å²) < 4.78 is 10.2. The highest BCUT2D eigenvalue weighted by atomic mass is 32.1. The van der Waals surface area contributed by atoms with Crippen LogP contribution in [-0.4, -0.2) is 29.9 Å². The fraction of sp³-hybridized carbons (Fsp3) is 0.333. The van der Waals surface area contributed by atoms with Crippen LogP contribution < -0.4 is 15.4 Å². The first-order valence-corrected chi connectivity index (χ1v) is 7.21. The molecule has 1 atom stereocenters. The summed E-state index contributed by atoms with van der Waals surface area (Å²) >= 11 is 5.16. The summed E-state index contributed by atoms with van der Waals surface area (Å²) in [4.78, 5) is 12.1. The third-order valence-corrected chi connectivity index (χ3v) is 3.51. The highest BCUT2D eigenvalue weighted by Gasteiger charge is 2.31. The van der Waals surface area contributed by atoms with Crippen molar-refractivity contribution < 1.29 is 19.4 Å². The SMILES string of the molecule is CCOc1cc([C@H]2NC(=S)NC(C)=C2C(=O)OC)ccc1O. The molecule has 0 amide bonds. The molecule has 1 aliphatic rings. The number of nitrogens with one attached hydrogen (secondary N) is 2. The van der Waals surface area contributed by atoms with Crippen molar-refractivity contribution >= 4 is 23.3 Å². The third-order valence-electron chi connectivity index (χ3n) is 3.29. The molecule has 0 radical (unpaired) electrons. The Bertz CT molecular complexity index is 642. The molecule has 0 aromatic heterocycles. The second-order valence-electron chi connectivity index (χ2n) is 4.72. The third kappa shape index (κ3) is 3.14. The summed E-state index contributed by atoms with van der Waals surface area (Å²) in [7, 11) is 1.33. The Morgan fingerprint density at radius 3 is 2.82 bits per heavy atom. The van der Waals surface area contributed by atoms with E-state index in [4.69, 9.17) is 21.7 Å². The largest absolute Gasteiger partial charge is 0.504 e. The van der Waals surface area contributed by atoms with E-state index in [2.05, 4.69) is 10.6 Å². The molecule has 22 heavy (non-hydrogen) atoms.